The normalized spacial score (nSPS) is 14.1. The highest BCUT2D eigenvalue weighted by Gasteiger charge is 2.25. The Morgan fingerprint density at radius 3 is 2.56 bits per heavy atom. The number of hydrogen-bond donors (Lipinski definition) is 1. The maximum Gasteiger partial charge on any atom is 0.110 e. The molecule has 0 aliphatic rings. The first-order valence-electron chi connectivity index (χ1n) is 6.22. The van der Waals surface area contributed by atoms with Crippen molar-refractivity contribution in [1.29, 1.82) is 0 Å². The van der Waals surface area contributed by atoms with Gasteiger partial charge in [0.25, 0.3) is 0 Å². The third-order valence-corrected chi connectivity index (χ3v) is 3.03. The van der Waals surface area contributed by atoms with Crippen LogP contribution in [0.4, 0.5) is 0 Å². The van der Waals surface area contributed by atoms with Crippen LogP contribution in [-0.2, 0) is 13.0 Å². The average Bonchev–Trinajstić information content (AvgIpc) is 2.63. The van der Waals surface area contributed by atoms with Crippen LogP contribution in [0.5, 0.6) is 0 Å². The molecule has 0 spiro atoms. The molecular weight excluding hydrogens is 198 g/mol. The van der Waals surface area contributed by atoms with E-state index in [1.807, 2.05) is 6.20 Å². The summed E-state index contributed by atoms with van der Waals surface area (Å²) in [6.45, 7) is 13.2. The first-order chi connectivity index (χ1) is 7.49. The first kappa shape index (κ1) is 13.2. The van der Waals surface area contributed by atoms with E-state index in [4.69, 9.17) is 0 Å². The Balaban J connectivity index is 2.75. The van der Waals surface area contributed by atoms with Gasteiger partial charge in [-0.2, -0.15) is 0 Å². The van der Waals surface area contributed by atoms with Crippen molar-refractivity contribution in [3.8, 4) is 0 Å². The molecule has 0 bridgehead atoms. The lowest BCUT2D eigenvalue weighted by Crippen LogP contribution is -2.42. The van der Waals surface area contributed by atoms with E-state index in [1.165, 1.54) is 5.82 Å². The molecular formula is C13H25N3. The molecule has 0 saturated carbocycles. The summed E-state index contributed by atoms with van der Waals surface area (Å²) in [6.07, 6.45) is 4.95. The second-order valence-electron chi connectivity index (χ2n) is 5.31. The summed E-state index contributed by atoms with van der Waals surface area (Å²) < 4.78 is 2.22. The molecule has 1 unspecified atom stereocenters. The molecule has 0 aliphatic heterocycles. The van der Waals surface area contributed by atoms with Crippen LogP contribution in [0.2, 0.25) is 0 Å². The molecule has 0 aliphatic carbocycles. The molecule has 1 atom stereocenters. The number of nitrogens with zero attached hydrogens (tertiary/aromatic N) is 2. The van der Waals surface area contributed by atoms with Crippen molar-refractivity contribution < 1.29 is 0 Å². The zero-order valence-electron chi connectivity index (χ0n) is 11.2. The molecule has 92 valence electrons. The topological polar surface area (TPSA) is 29.9 Å². The van der Waals surface area contributed by atoms with E-state index in [1.54, 1.807) is 0 Å². The zero-order valence-corrected chi connectivity index (χ0v) is 11.2. The molecule has 1 aromatic heterocycles. The molecule has 3 nitrogen and oxygen atoms in total. The lowest BCUT2D eigenvalue weighted by molar-refractivity contribution is 0.265. The summed E-state index contributed by atoms with van der Waals surface area (Å²) in [5.74, 6) is 1.18. The second-order valence-corrected chi connectivity index (χ2v) is 5.31. The van der Waals surface area contributed by atoms with Gasteiger partial charge < -0.3 is 9.88 Å². The van der Waals surface area contributed by atoms with E-state index in [0.717, 1.165) is 19.5 Å². The Labute approximate surface area is 99.3 Å². The van der Waals surface area contributed by atoms with Gasteiger partial charge in [0, 0.05) is 31.4 Å². The van der Waals surface area contributed by atoms with Gasteiger partial charge in [-0.25, -0.2) is 4.98 Å². The molecule has 1 rings (SSSR count). The number of likely N-dealkylation sites (N-methyl/N-ethyl adjacent to an activating group) is 1. The van der Waals surface area contributed by atoms with Crippen molar-refractivity contribution >= 4 is 0 Å². The monoisotopic (exact) mass is 223 g/mol. The van der Waals surface area contributed by atoms with Gasteiger partial charge in [-0.1, -0.05) is 27.7 Å². The van der Waals surface area contributed by atoms with Crippen molar-refractivity contribution in [2.45, 2.75) is 53.6 Å². The summed E-state index contributed by atoms with van der Waals surface area (Å²) >= 11 is 0. The Morgan fingerprint density at radius 2 is 2.06 bits per heavy atom. The Hall–Kier alpha value is -0.830. The van der Waals surface area contributed by atoms with Crippen LogP contribution in [0, 0.1) is 5.41 Å². The molecule has 0 radical (unpaired) electrons. The fraction of sp³-hybridized carbons (Fsp3) is 0.769. The highest BCUT2D eigenvalue weighted by atomic mass is 15.1. The number of aromatic nitrogens is 2. The van der Waals surface area contributed by atoms with Gasteiger partial charge in [-0.05, 0) is 18.9 Å². The minimum atomic E-state index is 0.264. The van der Waals surface area contributed by atoms with Crippen LogP contribution >= 0.6 is 0 Å². The maximum atomic E-state index is 4.45. The van der Waals surface area contributed by atoms with Gasteiger partial charge in [-0.15, -0.1) is 0 Å². The second kappa shape index (κ2) is 5.48. The smallest absolute Gasteiger partial charge is 0.110 e. The predicted octanol–water partition coefficient (Wildman–Crippen LogP) is 2.47. The van der Waals surface area contributed by atoms with Crippen molar-refractivity contribution in [2.24, 2.45) is 5.41 Å². The zero-order chi connectivity index (χ0) is 12.2. The fourth-order valence-corrected chi connectivity index (χ4v) is 1.93. The summed E-state index contributed by atoms with van der Waals surface area (Å²) in [6, 6.07) is 0.477. The van der Waals surface area contributed by atoms with Gasteiger partial charge in [0.2, 0.25) is 0 Å². The number of rotatable bonds is 5. The maximum absolute atomic E-state index is 4.45. The van der Waals surface area contributed by atoms with Crippen LogP contribution < -0.4 is 5.32 Å². The van der Waals surface area contributed by atoms with E-state index in [2.05, 4.69) is 55.7 Å². The van der Waals surface area contributed by atoms with Crippen LogP contribution in [0.3, 0.4) is 0 Å². The van der Waals surface area contributed by atoms with E-state index >= 15 is 0 Å². The number of nitrogens with one attached hydrogen (secondary N) is 1. The number of hydrogen-bond acceptors (Lipinski definition) is 2. The van der Waals surface area contributed by atoms with Crippen LogP contribution in [0.1, 0.15) is 40.4 Å². The molecule has 0 aromatic carbocycles. The SMILES string of the molecule is CCNC(Cc1nccn1CC)C(C)(C)C. The minimum absolute atomic E-state index is 0.264. The number of aryl methyl sites for hydroxylation is 1. The molecule has 0 saturated heterocycles. The van der Waals surface area contributed by atoms with Crippen LogP contribution in [0.15, 0.2) is 12.4 Å². The van der Waals surface area contributed by atoms with Gasteiger partial charge >= 0.3 is 0 Å². The highest BCUT2D eigenvalue weighted by molar-refractivity contribution is 4.98. The Kier molecular flexibility index (Phi) is 4.54. The lowest BCUT2D eigenvalue weighted by Gasteiger charge is -2.31. The summed E-state index contributed by atoms with van der Waals surface area (Å²) in [5, 5.41) is 3.56. The molecule has 0 amide bonds. The minimum Gasteiger partial charge on any atom is -0.335 e. The van der Waals surface area contributed by atoms with Gasteiger partial charge in [0.05, 0.1) is 0 Å². The Morgan fingerprint density at radius 1 is 1.38 bits per heavy atom. The third-order valence-electron chi connectivity index (χ3n) is 3.03. The van der Waals surface area contributed by atoms with Crippen molar-refractivity contribution in [3.63, 3.8) is 0 Å². The quantitative estimate of drug-likeness (QED) is 0.831. The van der Waals surface area contributed by atoms with Crippen LogP contribution in [0.25, 0.3) is 0 Å². The summed E-state index contributed by atoms with van der Waals surface area (Å²) in [4.78, 5) is 4.45. The van der Waals surface area contributed by atoms with Crippen molar-refractivity contribution in [2.75, 3.05) is 6.54 Å². The highest BCUT2D eigenvalue weighted by Crippen LogP contribution is 2.22. The third kappa shape index (κ3) is 3.34. The molecule has 16 heavy (non-hydrogen) atoms. The van der Waals surface area contributed by atoms with Gasteiger partial charge in [-0.3, -0.25) is 0 Å². The molecule has 1 aromatic rings. The average molecular weight is 223 g/mol. The summed E-state index contributed by atoms with van der Waals surface area (Å²) in [7, 11) is 0. The number of imidazole rings is 1. The molecule has 1 heterocycles. The predicted molar refractivity (Wildman–Crippen MR) is 68.5 cm³/mol. The van der Waals surface area contributed by atoms with Gasteiger partial charge in [0.1, 0.15) is 5.82 Å². The van der Waals surface area contributed by atoms with E-state index in [0.29, 0.717) is 6.04 Å². The van der Waals surface area contributed by atoms with E-state index in [9.17, 15) is 0 Å². The molecule has 0 fully saturated rings. The van der Waals surface area contributed by atoms with Gasteiger partial charge in [0.15, 0.2) is 0 Å². The van der Waals surface area contributed by atoms with Crippen molar-refractivity contribution in [3.05, 3.63) is 18.2 Å². The van der Waals surface area contributed by atoms with E-state index < -0.39 is 0 Å². The van der Waals surface area contributed by atoms with Crippen molar-refractivity contribution in [1.82, 2.24) is 14.9 Å². The standard InChI is InChI=1S/C13H25N3/c1-6-14-11(13(3,4)5)10-12-15-8-9-16(12)7-2/h8-9,11,14H,6-7,10H2,1-5H3. The van der Waals surface area contributed by atoms with Crippen LogP contribution in [-0.4, -0.2) is 22.1 Å². The lowest BCUT2D eigenvalue weighted by atomic mass is 9.84. The summed E-state index contributed by atoms with van der Waals surface area (Å²) in [5.41, 5.74) is 0.264. The van der Waals surface area contributed by atoms with E-state index in [-0.39, 0.29) is 5.41 Å². The Bertz CT molecular complexity index is 309. The molecule has 1 N–H and O–H groups in total. The molecule has 3 heteroatoms. The first-order valence-corrected chi connectivity index (χ1v) is 6.22. The fourth-order valence-electron chi connectivity index (χ4n) is 1.93. The largest absolute Gasteiger partial charge is 0.335 e.